The number of nitrogens with two attached hydrogens (primary N) is 1. The number of nitrogens with one attached hydrogen (secondary N) is 2. The third-order valence-corrected chi connectivity index (χ3v) is 2.03. The summed E-state index contributed by atoms with van der Waals surface area (Å²) in [6, 6.07) is 0. The second kappa shape index (κ2) is 7.17. The predicted octanol–water partition coefficient (Wildman–Crippen LogP) is 0.751. The highest BCUT2D eigenvalue weighted by molar-refractivity contribution is 5.74. The van der Waals surface area contributed by atoms with Gasteiger partial charge in [-0.1, -0.05) is 13.3 Å². The van der Waals surface area contributed by atoms with E-state index in [0.29, 0.717) is 13.0 Å². The molecule has 5 heteroatoms. The molecule has 14 heavy (non-hydrogen) atoms. The molecule has 0 amide bonds. The maximum atomic E-state index is 10.7. The van der Waals surface area contributed by atoms with Gasteiger partial charge in [-0.25, -0.2) is 0 Å². The van der Waals surface area contributed by atoms with Crippen LogP contribution >= 0.6 is 0 Å². The van der Waals surface area contributed by atoms with E-state index in [1.165, 1.54) is 0 Å². The van der Waals surface area contributed by atoms with E-state index in [-0.39, 0.29) is 11.9 Å². The van der Waals surface area contributed by atoms with Crippen LogP contribution in [0.25, 0.3) is 0 Å². The normalized spacial score (nSPS) is 12.1. The van der Waals surface area contributed by atoms with Gasteiger partial charge in [0, 0.05) is 6.54 Å². The molecule has 0 aliphatic rings. The Hall–Kier alpha value is -1.26. The predicted molar refractivity (Wildman–Crippen MR) is 55.2 cm³/mol. The van der Waals surface area contributed by atoms with Crippen LogP contribution in [0, 0.1) is 11.3 Å². The molecule has 0 aliphatic heterocycles. The molecule has 0 spiro atoms. The van der Waals surface area contributed by atoms with E-state index in [0.717, 1.165) is 19.3 Å². The summed E-state index contributed by atoms with van der Waals surface area (Å²) in [7, 11) is 0. The highest BCUT2D eigenvalue weighted by Crippen LogP contribution is 2.12. The summed E-state index contributed by atoms with van der Waals surface area (Å²) in [5, 5.41) is 18.4. The number of carboxylic acids is 1. The number of guanidine groups is 1. The zero-order valence-electron chi connectivity index (χ0n) is 8.55. The first-order valence-corrected chi connectivity index (χ1v) is 4.88. The van der Waals surface area contributed by atoms with Crippen LogP contribution < -0.4 is 11.1 Å². The number of hydrogen-bond donors (Lipinski definition) is 4. The lowest BCUT2D eigenvalue weighted by molar-refractivity contribution is -0.142. The van der Waals surface area contributed by atoms with Gasteiger partial charge in [0.25, 0.3) is 0 Å². The second-order valence-electron chi connectivity index (χ2n) is 3.31. The Balaban J connectivity index is 3.61. The summed E-state index contributed by atoms with van der Waals surface area (Å²) in [4.78, 5) is 10.7. The van der Waals surface area contributed by atoms with Gasteiger partial charge < -0.3 is 16.2 Å². The maximum absolute atomic E-state index is 10.7. The lowest BCUT2D eigenvalue weighted by Gasteiger charge is -2.10. The summed E-state index contributed by atoms with van der Waals surface area (Å²) in [6.07, 6.45) is 2.98. The van der Waals surface area contributed by atoms with Crippen LogP contribution in [0.3, 0.4) is 0 Å². The van der Waals surface area contributed by atoms with Crippen LogP contribution in [0.1, 0.15) is 32.6 Å². The molecular weight excluding hydrogens is 182 g/mol. The van der Waals surface area contributed by atoms with Crippen molar-refractivity contribution in [2.75, 3.05) is 6.54 Å². The van der Waals surface area contributed by atoms with Crippen molar-refractivity contribution in [3.8, 4) is 0 Å². The summed E-state index contributed by atoms with van der Waals surface area (Å²) in [5.74, 6) is -1.05. The molecule has 0 saturated heterocycles. The number of carbonyl (C=O) groups is 1. The van der Waals surface area contributed by atoms with Crippen molar-refractivity contribution in [1.29, 1.82) is 5.41 Å². The molecule has 0 saturated carbocycles. The maximum Gasteiger partial charge on any atom is 0.306 e. The Morgan fingerprint density at radius 3 is 2.64 bits per heavy atom. The summed E-state index contributed by atoms with van der Waals surface area (Å²) in [5.41, 5.74) is 5.08. The molecule has 0 radical (unpaired) electrons. The highest BCUT2D eigenvalue weighted by Gasteiger charge is 2.15. The first kappa shape index (κ1) is 12.7. The molecule has 0 unspecified atom stereocenters. The van der Waals surface area contributed by atoms with Gasteiger partial charge >= 0.3 is 5.97 Å². The first-order valence-electron chi connectivity index (χ1n) is 4.88. The van der Waals surface area contributed by atoms with Gasteiger partial charge in [-0.05, 0) is 19.3 Å². The molecule has 82 valence electrons. The van der Waals surface area contributed by atoms with Crippen molar-refractivity contribution in [3.63, 3.8) is 0 Å². The lowest BCUT2D eigenvalue weighted by Crippen LogP contribution is -2.31. The van der Waals surface area contributed by atoms with E-state index in [9.17, 15) is 4.79 Å². The molecule has 0 aromatic heterocycles. The summed E-state index contributed by atoms with van der Waals surface area (Å²) >= 11 is 0. The zero-order valence-corrected chi connectivity index (χ0v) is 8.55. The van der Waals surface area contributed by atoms with E-state index >= 15 is 0 Å². The average Bonchev–Trinajstić information content (AvgIpc) is 2.09. The lowest BCUT2D eigenvalue weighted by atomic mass is 9.98. The largest absolute Gasteiger partial charge is 0.481 e. The molecule has 0 fully saturated rings. The monoisotopic (exact) mass is 201 g/mol. The molecule has 0 rings (SSSR count). The van der Waals surface area contributed by atoms with Crippen molar-refractivity contribution < 1.29 is 9.90 Å². The Bertz CT molecular complexity index is 194. The third kappa shape index (κ3) is 6.28. The van der Waals surface area contributed by atoms with Crippen molar-refractivity contribution in [1.82, 2.24) is 5.32 Å². The van der Waals surface area contributed by atoms with Crippen molar-refractivity contribution >= 4 is 11.9 Å². The fraction of sp³-hybridized carbons (Fsp3) is 0.778. The minimum atomic E-state index is -0.727. The summed E-state index contributed by atoms with van der Waals surface area (Å²) < 4.78 is 0. The quantitative estimate of drug-likeness (QED) is 0.277. The molecule has 5 N–H and O–H groups in total. The molecule has 5 nitrogen and oxygen atoms in total. The van der Waals surface area contributed by atoms with Crippen LogP contribution in [0.4, 0.5) is 0 Å². The SMILES string of the molecule is CCC[C@@H](CCCNC(=N)N)C(=O)O. The smallest absolute Gasteiger partial charge is 0.306 e. The zero-order chi connectivity index (χ0) is 11.0. The van der Waals surface area contributed by atoms with Crippen molar-refractivity contribution in [2.24, 2.45) is 11.7 Å². The Kier molecular flexibility index (Phi) is 6.53. The Morgan fingerprint density at radius 1 is 1.57 bits per heavy atom. The number of aliphatic carboxylic acids is 1. The minimum Gasteiger partial charge on any atom is -0.481 e. The molecule has 0 aromatic rings. The van der Waals surface area contributed by atoms with E-state index in [1.807, 2.05) is 6.92 Å². The minimum absolute atomic E-state index is 0.0626. The highest BCUT2D eigenvalue weighted by atomic mass is 16.4. The van der Waals surface area contributed by atoms with Gasteiger partial charge in [-0.2, -0.15) is 0 Å². The van der Waals surface area contributed by atoms with Crippen molar-refractivity contribution in [3.05, 3.63) is 0 Å². The van der Waals surface area contributed by atoms with E-state index in [4.69, 9.17) is 16.2 Å². The van der Waals surface area contributed by atoms with Crippen molar-refractivity contribution in [2.45, 2.75) is 32.6 Å². The molecule has 1 atom stereocenters. The van der Waals surface area contributed by atoms with Crippen LogP contribution in [-0.2, 0) is 4.79 Å². The second-order valence-corrected chi connectivity index (χ2v) is 3.31. The molecular formula is C9H19N3O2. The molecule has 0 aromatic carbocycles. The summed E-state index contributed by atoms with van der Waals surface area (Å²) in [6.45, 7) is 2.55. The average molecular weight is 201 g/mol. The van der Waals surface area contributed by atoms with Crippen LogP contribution in [0.5, 0.6) is 0 Å². The van der Waals surface area contributed by atoms with E-state index < -0.39 is 5.97 Å². The van der Waals surface area contributed by atoms with Gasteiger partial charge in [0.1, 0.15) is 0 Å². The molecule has 0 bridgehead atoms. The number of carboxylic acid groups (broad SMARTS) is 1. The molecule has 0 heterocycles. The molecule has 0 aliphatic carbocycles. The van der Waals surface area contributed by atoms with Gasteiger partial charge in [0.2, 0.25) is 0 Å². The Morgan fingerprint density at radius 2 is 2.21 bits per heavy atom. The van der Waals surface area contributed by atoms with Gasteiger partial charge in [-0.3, -0.25) is 10.2 Å². The standard InChI is InChI=1S/C9H19N3O2/c1-2-4-7(8(13)14)5-3-6-12-9(10)11/h7H,2-6H2,1H3,(H,13,14)(H4,10,11,12)/t7-/m0/s1. The van der Waals surface area contributed by atoms with Gasteiger partial charge in [0.15, 0.2) is 5.96 Å². The third-order valence-electron chi connectivity index (χ3n) is 2.03. The Labute approximate surface area is 84.2 Å². The van der Waals surface area contributed by atoms with Crippen LogP contribution in [0.2, 0.25) is 0 Å². The fourth-order valence-electron chi connectivity index (χ4n) is 1.31. The van der Waals surface area contributed by atoms with Crippen LogP contribution in [0.15, 0.2) is 0 Å². The number of hydrogen-bond acceptors (Lipinski definition) is 2. The van der Waals surface area contributed by atoms with E-state index in [2.05, 4.69) is 5.32 Å². The number of rotatable bonds is 7. The topological polar surface area (TPSA) is 99.2 Å². The first-order chi connectivity index (χ1) is 6.57. The fourth-order valence-corrected chi connectivity index (χ4v) is 1.31. The van der Waals surface area contributed by atoms with Gasteiger partial charge in [0.05, 0.1) is 5.92 Å². The van der Waals surface area contributed by atoms with E-state index in [1.54, 1.807) is 0 Å². The van der Waals surface area contributed by atoms with Gasteiger partial charge in [-0.15, -0.1) is 0 Å². The van der Waals surface area contributed by atoms with Crippen LogP contribution in [-0.4, -0.2) is 23.6 Å².